The van der Waals surface area contributed by atoms with Crippen molar-refractivity contribution in [3.05, 3.63) is 12.2 Å². The molecule has 0 aromatic heterocycles. The third kappa shape index (κ3) is 2.61. The largest absolute Gasteiger partial charge is 0.305 e. The molecule has 0 radical (unpaired) electrons. The fourth-order valence-corrected chi connectivity index (χ4v) is 1.65. The number of likely N-dealkylation sites (tertiary alicyclic amines) is 1. The van der Waals surface area contributed by atoms with E-state index in [1.54, 1.807) is 0 Å². The number of rotatable bonds is 3. The maximum absolute atomic E-state index is 2.50. The van der Waals surface area contributed by atoms with Crippen LogP contribution in [0.15, 0.2) is 12.2 Å². The lowest BCUT2D eigenvalue weighted by molar-refractivity contribution is 0.280. The minimum Gasteiger partial charge on any atom is -0.305 e. The van der Waals surface area contributed by atoms with Crippen LogP contribution in [-0.2, 0) is 0 Å². The predicted molar refractivity (Wildman–Crippen MR) is 53.3 cm³/mol. The van der Waals surface area contributed by atoms with E-state index in [1.165, 1.54) is 19.5 Å². The zero-order chi connectivity index (χ0) is 8.97. The molecule has 0 aromatic carbocycles. The highest BCUT2D eigenvalue weighted by Gasteiger charge is 2.22. The molecule has 2 nitrogen and oxygen atoms in total. The summed E-state index contributed by atoms with van der Waals surface area (Å²) in [5, 5.41) is 0. The molecule has 0 aliphatic carbocycles. The number of hydrogen-bond donors (Lipinski definition) is 0. The van der Waals surface area contributed by atoms with Crippen molar-refractivity contribution in [1.82, 2.24) is 9.80 Å². The average molecular weight is 168 g/mol. The Hall–Kier alpha value is -0.340. The predicted octanol–water partition coefficient (Wildman–Crippen LogP) is 1.20. The van der Waals surface area contributed by atoms with Crippen LogP contribution in [0, 0.1) is 0 Å². The van der Waals surface area contributed by atoms with E-state index < -0.39 is 0 Å². The van der Waals surface area contributed by atoms with Gasteiger partial charge in [0.25, 0.3) is 0 Å². The second-order valence-corrected chi connectivity index (χ2v) is 3.73. The van der Waals surface area contributed by atoms with Crippen molar-refractivity contribution < 1.29 is 0 Å². The Labute approximate surface area is 75.8 Å². The lowest BCUT2D eigenvalue weighted by atomic mass is 10.2. The molecule has 1 saturated heterocycles. The molecule has 0 aromatic rings. The maximum atomic E-state index is 2.50. The summed E-state index contributed by atoms with van der Waals surface area (Å²) >= 11 is 0. The molecular formula is C10H20N2. The summed E-state index contributed by atoms with van der Waals surface area (Å²) in [4.78, 5) is 4.83. The second-order valence-electron chi connectivity index (χ2n) is 3.73. The molecule has 0 unspecified atom stereocenters. The molecule has 1 heterocycles. The van der Waals surface area contributed by atoms with E-state index in [9.17, 15) is 0 Å². The van der Waals surface area contributed by atoms with E-state index in [4.69, 9.17) is 0 Å². The smallest absolute Gasteiger partial charge is 0.0229 e. The van der Waals surface area contributed by atoms with Crippen molar-refractivity contribution in [2.45, 2.75) is 19.4 Å². The van der Waals surface area contributed by atoms with Crippen LogP contribution >= 0.6 is 0 Å². The quantitative estimate of drug-likeness (QED) is 0.584. The van der Waals surface area contributed by atoms with Gasteiger partial charge in [-0.05, 0) is 27.4 Å². The van der Waals surface area contributed by atoms with E-state index >= 15 is 0 Å². The van der Waals surface area contributed by atoms with Crippen molar-refractivity contribution in [3.63, 3.8) is 0 Å². The summed E-state index contributed by atoms with van der Waals surface area (Å²) < 4.78 is 0. The molecule has 2 heteroatoms. The molecule has 1 atom stereocenters. The topological polar surface area (TPSA) is 6.48 Å². The Balaban J connectivity index is 2.25. The van der Waals surface area contributed by atoms with E-state index in [0.717, 1.165) is 12.6 Å². The Bertz CT molecular complexity index is 152. The molecule has 0 bridgehead atoms. The van der Waals surface area contributed by atoms with Crippen molar-refractivity contribution in [3.8, 4) is 0 Å². The molecule has 1 aliphatic rings. The van der Waals surface area contributed by atoms with Gasteiger partial charge in [-0.1, -0.05) is 12.2 Å². The van der Waals surface area contributed by atoms with Gasteiger partial charge in [0.05, 0.1) is 0 Å². The van der Waals surface area contributed by atoms with E-state index in [1.807, 2.05) is 0 Å². The molecule has 0 spiro atoms. The second kappa shape index (κ2) is 4.63. The first-order chi connectivity index (χ1) is 5.74. The number of allylic oxidation sites excluding steroid dienone is 1. The average Bonchev–Trinajstić information content (AvgIpc) is 2.48. The zero-order valence-corrected chi connectivity index (χ0v) is 8.45. The van der Waals surface area contributed by atoms with E-state index in [-0.39, 0.29) is 0 Å². The number of hydrogen-bond acceptors (Lipinski definition) is 2. The Kier molecular flexibility index (Phi) is 3.76. The Morgan fingerprint density at radius 2 is 2.25 bits per heavy atom. The molecule has 0 saturated carbocycles. The first-order valence-electron chi connectivity index (χ1n) is 4.74. The zero-order valence-electron chi connectivity index (χ0n) is 8.45. The van der Waals surface area contributed by atoms with Gasteiger partial charge < -0.3 is 4.90 Å². The van der Waals surface area contributed by atoms with Gasteiger partial charge >= 0.3 is 0 Å². The van der Waals surface area contributed by atoms with Crippen LogP contribution < -0.4 is 0 Å². The van der Waals surface area contributed by atoms with Gasteiger partial charge in [-0.15, -0.1) is 0 Å². The lowest BCUT2D eigenvalue weighted by Gasteiger charge is -2.19. The molecule has 1 fully saturated rings. The van der Waals surface area contributed by atoms with Crippen LogP contribution in [0.5, 0.6) is 0 Å². The summed E-state index contributed by atoms with van der Waals surface area (Å²) in [7, 11) is 4.34. The Morgan fingerprint density at radius 3 is 2.75 bits per heavy atom. The van der Waals surface area contributed by atoms with E-state index in [2.05, 4.69) is 43.0 Å². The van der Waals surface area contributed by atoms with Crippen molar-refractivity contribution in [1.29, 1.82) is 0 Å². The van der Waals surface area contributed by atoms with Crippen LogP contribution in [-0.4, -0.2) is 49.6 Å². The van der Waals surface area contributed by atoms with Crippen LogP contribution in [0.1, 0.15) is 13.3 Å². The standard InChI is InChI=1S/C10H20N2/c1-4-5-7-12-8-6-10(9-12)11(2)3/h4-5,10H,6-9H2,1-3H3/b5-4+/t10-/m0/s1. The fourth-order valence-electron chi connectivity index (χ4n) is 1.65. The van der Waals surface area contributed by atoms with Crippen molar-refractivity contribution in [2.75, 3.05) is 33.7 Å². The molecule has 12 heavy (non-hydrogen) atoms. The SMILES string of the molecule is C/C=C/CN1CC[C@H](N(C)C)C1. The highest BCUT2D eigenvalue weighted by molar-refractivity contribution is 4.87. The summed E-state index contributed by atoms with van der Waals surface area (Å²) in [6.45, 7) is 5.70. The molecule has 0 amide bonds. The summed E-state index contributed by atoms with van der Waals surface area (Å²) in [5.41, 5.74) is 0. The van der Waals surface area contributed by atoms with Crippen molar-refractivity contribution >= 4 is 0 Å². The van der Waals surface area contributed by atoms with Gasteiger partial charge in [0, 0.05) is 25.7 Å². The monoisotopic (exact) mass is 168 g/mol. The van der Waals surface area contributed by atoms with Gasteiger partial charge in [0.15, 0.2) is 0 Å². The fraction of sp³-hybridized carbons (Fsp3) is 0.800. The molecule has 70 valence electrons. The van der Waals surface area contributed by atoms with Gasteiger partial charge in [0.2, 0.25) is 0 Å². The van der Waals surface area contributed by atoms with Gasteiger partial charge in [-0.25, -0.2) is 0 Å². The molecule has 0 N–H and O–H groups in total. The third-order valence-electron chi connectivity index (χ3n) is 2.58. The van der Waals surface area contributed by atoms with Gasteiger partial charge in [-0.2, -0.15) is 0 Å². The van der Waals surface area contributed by atoms with Crippen molar-refractivity contribution in [2.24, 2.45) is 0 Å². The summed E-state index contributed by atoms with van der Waals surface area (Å²) in [6.07, 6.45) is 5.69. The highest BCUT2D eigenvalue weighted by Crippen LogP contribution is 2.12. The first kappa shape index (κ1) is 9.75. The van der Waals surface area contributed by atoms with Crippen LogP contribution in [0.25, 0.3) is 0 Å². The van der Waals surface area contributed by atoms with E-state index in [0.29, 0.717) is 0 Å². The first-order valence-corrected chi connectivity index (χ1v) is 4.74. The molecule has 1 rings (SSSR count). The highest BCUT2D eigenvalue weighted by atomic mass is 15.2. The van der Waals surface area contributed by atoms with Crippen LogP contribution in [0.2, 0.25) is 0 Å². The summed E-state index contributed by atoms with van der Waals surface area (Å²) in [5.74, 6) is 0. The molecular weight excluding hydrogens is 148 g/mol. The van der Waals surface area contributed by atoms with Gasteiger partial charge in [0.1, 0.15) is 0 Å². The van der Waals surface area contributed by atoms with Crippen LogP contribution in [0.3, 0.4) is 0 Å². The minimum atomic E-state index is 0.773. The normalized spacial score (nSPS) is 26.2. The minimum absolute atomic E-state index is 0.773. The Morgan fingerprint density at radius 1 is 1.50 bits per heavy atom. The summed E-state index contributed by atoms with van der Waals surface area (Å²) in [6, 6.07) is 0.773. The number of likely N-dealkylation sites (N-methyl/N-ethyl adjacent to an activating group) is 1. The maximum Gasteiger partial charge on any atom is 0.0229 e. The molecule has 1 aliphatic heterocycles. The lowest BCUT2D eigenvalue weighted by Crippen LogP contribution is -2.31. The van der Waals surface area contributed by atoms with Crippen LogP contribution in [0.4, 0.5) is 0 Å². The number of nitrogens with zero attached hydrogens (tertiary/aromatic N) is 2. The third-order valence-corrected chi connectivity index (χ3v) is 2.58. The van der Waals surface area contributed by atoms with Gasteiger partial charge in [-0.3, -0.25) is 4.90 Å².